The Morgan fingerprint density at radius 2 is 1.93 bits per heavy atom. The lowest BCUT2D eigenvalue weighted by Crippen LogP contribution is -2.39. The molecule has 3 N–H and O–H groups in total. The molecule has 1 aliphatic heterocycles. The summed E-state index contributed by atoms with van der Waals surface area (Å²) in [6, 6.07) is 18.0. The molecule has 28 heavy (non-hydrogen) atoms. The molecule has 8 heteroatoms. The van der Waals surface area contributed by atoms with Crippen LogP contribution in [0.1, 0.15) is 36.9 Å². The minimum atomic E-state index is -0.300. The summed E-state index contributed by atoms with van der Waals surface area (Å²) < 4.78 is 1.87. The van der Waals surface area contributed by atoms with Gasteiger partial charge in [0.25, 0.3) is 0 Å². The average Bonchev–Trinajstić information content (AvgIpc) is 3.26. The van der Waals surface area contributed by atoms with Crippen molar-refractivity contribution >= 4 is 11.6 Å². The Balaban J connectivity index is 1.28. The first-order valence-electron chi connectivity index (χ1n) is 9.53. The van der Waals surface area contributed by atoms with Crippen LogP contribution in [0.2, 0.25) is 0 Å². The number of amides is 1. The first kappa shape index (κ1) is 17.0. The molecule has 8 nitrogen and oxygen atoms in total. The number of tetrazole rings is 1. The fourth-order valence-corrected chi connectivity index (χ4v) is 3.55. The third-order valence-electron chi connectivity index (χ3n) is 5.20. The number of carbonyl (C=O) groups is 1. The van der Waals surface area contributed by atoms with Crippen LogP contribution in [0.4, 0.5) is 5.69 Å². The van der Waals surface area contributed by atoms with Crippen LogP contribution in [0.25, 0.3) is 11.4 Å². The molecule has 2 atom stereocenters. The van der Waals surface area contributed by atoms with Crippen LogP contribution >= 0.6 is 0 Å². The van der Waals surface area contributed by atoms with Gasteiger partial charge in [0, 0.05) is 17.3 Å². The highest BCUT2D eigenvalue weighted by Gasteiger charge is 2.30. The molecular weight excluding hydrogens is 354 g/mol. The molecule has 1 saturated heterocycles. The highest BCUT2D eigenvalue weighted by atomic mass is 16.2. The lowest BCUT2D eigenvalue weighted by molar-refractivity contribution is -0.117. The SMILES string of the molecule is O=C(Nc1cccc(-c2nnnn2C2CC2)c1)C1CC(c2ccccc2)NN1. The van der Waals surface area contributed by atoms with E-state index in [1.165, 1.54) is 5.56 Å². The standard InChI is InChI=1S/C20H21N7O/c28-20(18-12-17(22-23-18)13-5-2-1-3-6-13)21-15-8-4-7-14(11-15)19-24-25-26-27(19)16-9-10-16/h1-8,11,16-18,22-23H,9-10,12H2,(H,21,28). The molecule has 142 valence electrons. The van der Waals surface area contributed by atoms with E-state index in [1.807, 2.05) is 47.1 Å². The van der Waals surface area contributed by atoms with Crippen LogP contribution in [0, 0.1) is 0 Å². The van der Waals surface area contributed by atoms with Crippen molar-refractivity contribution in [3.63, 3.8) is 0 Å². The number of aromatic nitrogens is 4. The van der Waals surface area contributed by atoms with Gasteiger partial charge in [-0.3, -0.25) is 4.79 Å². The number of rotatable bonds is 5. The molecule has 1 amide bonds. The van der Waals surface area contributed by atoms with E-state index >= 15 is 0 Å². The molecular formula is C20H21N7O. The van der Waals surface area contributed by atoms with Gasteiger partial charge in [0.15, 0.2) is 5.82 Å². The second-order valence-corrected chi connectivity index (χ2v) is 7.29. The molecule has 1 aliphatic carbocycles. The summed E-state index contributed by atoms with van der Waals surface area (Å²) in [5, 5.41) is 15.1. The monoisotopic (exact) mass is 375 g/mol. The highest BCUT2D eigenvalue weighted by molar-refractivity contribution is 5.95. The van der Waals surface area contributed by atoms with E-state index in [-0.39, 0.29) is 18.0 Å². The third kappa shape index (κ3) is 3.39. The molecule has 0 radical (unpaired) electrons. The molecule has 0 spiro atoms. The first-order valence-corrected chi connectivity index (χ1v) is 9.53. The van der Waals surface area contributed by atoms with Gasteiger partial charge in [-0.05, 0) is 47.4 Å². The van der Waals surface area contributed by atoms with Crippen molar-refractivity contribution < 1.29 is 4.79 Å². The number of benzene rings is 2. The van der Waals surface area contributed by atoms with E-state index in [4.69, 9.17) is 0 Å². The fourth-order valence-electron chi connectivity index (χ4n) is 3.55. The number of hydrogen-bond acceptors (Lipinski definition) is 6. The van der Waals surface area contributed by atoms with E-state index in [9.17, 15) is 4.79 Å². The summed E-state index contributed by atoms with van der Waals surface area (Å²) in [5.74, 6) is 0.674. The van der Waals surface area contributed by atoms with E-state index in [1.54, 1.807) is 0 Å². The van der Waals surface area contributed by atoms with Crippen molar-refractivity contribution in [1.29, 1.82) is 0 Å². The van der Waals surface area contributed by atoms with Gasteiger partial charge in [-0.1, -0.05) is 42.5 Å². The summed E-state index contributed by atoms with van der Waals surface area (Å²) >= 11 is 0. The van der Waals surface area contributed by atoms with Gasteiger partial charge >= 0.3 is 0 Å². The van der Waals surface area contributed by atoms with Crippen LogP contribution in [-0.4, -0.2) is 32.2 Å². The van der Waals surface area contributed by atoms with Gasteiger partial charge in [0.05, 0.1) is 6.04 Å². The van der Waals surface area contributed by atoms with E-state index in [0.29, 0.717) is 12.5 Å². The quantitative estimate of drug-likeness (QED) is 0.633. The largest absolute Gasteiger partial charge is 0.325 e. The van der Waals surface area contributed by atoms with Crippen molar-refractivity contribution in [3.8, 4) is 11.4 Å². The second kappa shape index (κ2) is 7.14. The Labute approximate surface area is 162 Å². The number of nitrogens with one attached hydrogen (secondary N) is 3. The molecule has 5 rings (SSSR count). The van der Waals surface area contributed by atoms with Gasteiger partial charge in [-0.2, -0.15) is 0 Å². The fraction of sp³-hybridized carbons (Fsp3) is 0.300. The van der Waals surface area contributed by atoms with Crippen LogP contribution in [0.15, 0.2) is 54.6 Å². The lowest BCUT2D eigenvalue weighted by Gasteiger charge is -2.12. The lowest BCUT2D eigenvalue weighted by atomic mass is 10.0. The maximum absolute atomic E-state index is 12.7. The Hall–Kier alpha value is -3.10. The maximum Gasteiger partial charge on any atom is 0.242 e. The Bertz CT molecular complexity index is 983. The third-order valence-corrected chi connectivity index (χ3v) is 5.20. The van der Waals surface area contributed by atoms with Crippen molar-refractivity contribution in [2.24, 2.45) is 0 Å². The van der Waals surface area contributed by atoms with Crippen molar-refractivity contribution in [2.45, 2.75) is 37.4 Å². The van der Waals surface area contributed by atoms with Gasteiger partial charge in [-0.15, -0.1) is 5.10 Å². The Morgan fingerprint density at radius 3 is 2.75 bits per heavy atom. The predicted molar refractivity (Wildman–Crippen MR) is 104 cm³/mol. The molecule has 2 heterocycles. The second-order valence-electron chi connectivity index (χ2n) is 7.29. The van der Waals surface area contributed by atoms with Crippen LogP contribution < -0.4 is 16.2 Å². The zero-order chi connectivity index (χ0) is 18.9. The number of hydrogen-bond donors (Lipinski definition) is 3. The molecule has 2 fully saturated rings. The van der Waals surface area contributed by atoms with Gasteiger partial charge < -0.3 is 5.32 Å². The molecule has 1 saturated carbocycles. The number of nitrogens with zero attached hydrogens (tertiary/aromatic N) is 4. The zero-order valence-electron chi connectivity index (χ0n) is 15.2. The smallest absolute Gasteiger partial charge is 0.242 e. The van der Waals surface area contributed by atoms with Crippen molar-refractivity contribution in [2.75, 3.05) is 5.32 Å². The summed E-state index contributed by atoms with van der Waals surface area (Å²) in [5.41, 5.74) is 9.11. The minimum absolute atomic E-state index is 0.0649. The molecule has 2 aromatic carbocycles. The number of hydrazine groups is 1. The van der Waals surface area contributed by atoms with Crippen LogP contribution in [0.3, 0.4) is 0 Å². The normalized spacial score (nSPS) is 21.6. The Kier molecular flexibility index (Phi) is 4.34. The van der Waals surface area contributed by atoms with E-state index in [2.05, 4.69) is 43.8 Å². The predicted octanol–water partition coefficient (Wildman–Crippen LogP) is 2.22. The highest BCUT2D eigenvalue weighted by Crippen LogP contribution is 2.36. The first-order chi connectivity index (χ1) is 13.8. The summed E-state index contributed by atoms with van der Waals surface area (Å²) in [7, 11) is 0. The van der Waals surface area contributed by atoms with E-state index < -0.39 is 0 Å². The summed E-state index contributed by atoms with van der Waals surface area (Å²) in [4.78, 5) is 12.7. The Morgan fingerprint density at radius 1 is 1.07 bits per heavy atom. The van der Waals surface area contributed by atoms with Crippen molar-refractivity contribution in [1.82, 2.24) is 31.1 Å². The summed E-state index contributed by atoms with van der Waals surface area (Å²) in [6.45, 7) is 0. The van der Waals surface area contributed by atoms with Crippen LogP contribution in [0.5, 0.6) is 0 Å². The zero-order valence-corrected chi connectivity index (χ0v) is 15.2. The number of anilines is 1. The maximum atomic E-state index is 12.7. The molecule has 0 bridgehead atoms. The van der Waals surface area contributed by atoms with E-state index in [0.717, 1.165) is 29.9 Å². The molecule has 1 aromatic heterocycles. The molecule has 2 unspecified atom stereocenters. The minimum Gasteiger partial charge on any atom is -0.325 e. The molecule has 2 aliphatic rings. The number of carbonyl (C=O) groups excluding carboxylic acids is 1. The van der Waals surface area contributed by atoms with Gasteiger partial charge in [0.2, 0.25) is 5.91 Å². The van der Waals surface area contributed by atoms with Gasteiger partial charge in [-0.25, -0.2) is 15.5 Å². The van der Waals surface area contributed by atoms with Crippen LogP contribution in [-0.2, 0) is 4.79 Å². The topological polar surface area (TPSA) is 96.8 Å². The van der Waals surface area contributed by atoms with Crippen molar-refractivity contribution in [3.05, 3.63) is 60.2 Å². The molecule has 3 aromatic rings. The van der Waals surface area contributed by atoms with Gasteiger partial charge in [0.1, 0.15) is 6.04 Å². The average molecular weight is 375 g/mol. The summed E-state index contributed by atoms with van der Waals surface area (Å²) in [6.07, 6.45) is 2.91.